The summed E-state index contributed by atoms with van der Waals surface area (Å²) >= 11 is 0. The van der Waals surface area contributed by atoms with Crippen molar-refractivity contribution in [2.24, 2.45) is 0 Å². The molecule has 1 fully saturated rings. The lowest BCUT2D eigenvalue weighted by Crippen LogP contribution is -2.47. The lowest BCUT2D eigenvalue weighted by molar-refractivity contribution is -0.141. The highest BCUT2D eigenvalue weighted by atomic mass is 19.4. The minimum Gasteiger partial charge on any atom is -0.376 e. The van der Waals surface area contributed by atoms with Crippen molar-refractivity contribution < 1.29 is 17.9 Å². The van der Waals surface area contributed by atoms with Crippen LogP contribution in [0.1, 0.15) is 22.5 Å². The Labute approximate surface area is 159 Å². The Morgan fingerprint density at radius 3 is 2.46 bits per heavy atom. The van der Waals surface area contributed by atoms with E-state index in [0.717, 1.165) is 23.7 Å². The zero-order valence-electron chi connectivity index (χ0n) is 14.9. The van der Waals surface area contributed by atoms with E-state index >= 15 is 0 Å². The average Bonchev–Trinajstić information content (AvgIpc) is 2.72. The highest BCUT2D eigenvalue weighted by Gasteiger charge is 2.33. The molecule has 4 heterocycles. The number of hydrogen-bond acceptors (Lipinski definition) is 7. The van der Waals surface area contributed by atoms with Gasteiger partial charge in [-0.15, -0.1) is 10.2 Å². The predicted octanol–water partition coefficient (Wildman–Crippen LogP) is 2.16. The van der Waals surface area contributed by atoms with Crippen molar-refractivity contribution >= 4 is 11.6 Å². The van der Waals surface area contributed by atoms with Crippen LogP contribution in [0.25, 0.3) is 0 Å². The van der Waals surface area contributed by atoms with Gasteiger partial charge in [0.25, 0.3) is 0 Å². The third-order valence-electron chi connectivity index (χ3n) is 4.88. The van der Waals surface area contributed by atoms with Gasteiger partial charge in [0.05, 0.1) is 24.5 Å². The van der Waals surface area contributed by atoms with Gasteiger partial charge in [0.2, 0.25) is 0 Å². The first-order chi connectivity index (χ1) is 13.5. The first kappa shape index (κ1) is 18.4. The van der Waals surface area contributed by atoms with Crippen LogP contribution in [-0.4, -0.2) is 48.0 Å². The maximum Gasteiger partial charge on any atom is 0.435 e. The number of pyridine rings is 1. The molecule has 10 heteroatoms. The maximum absolute atomic E-state index is 12.6. The molecule has 1 saturated heterocycles. The molecule has 4 rings (SSSR count). The fourth-order valence-electron chi connectivity index (χ4n) is 3.39. The van der Waals surface area contributed by atoms with Crippen LogP contribution in [0, 0.1) is 11.3 Å². The number of alkyl halides is 3. The largest absolute Gasteiger partial charge is 0.435 e. The normalized spacial score (nSPS) is 17.2. The molecule has 2 aliphatic rings. The zero-order valence-corrected chi connectivity index (χ0v) is 14.9. The summed E-state index contributed by atoms with van der Waals surface area (Å²) in [7, 11) is 0. The van der Waals surface area contributed by atoms with E-state index < -0.39 is 11.9 Å². The number of piperazine rings is 1. The van der Waals surface area contributed by atoms with Crippen molar-refractivity contribution in [1.82, 2.24) is 15.2 Å². The van der Waals surface area contributed by atoms with Crippen molar-refractivity contribution in [3.05, 3.63) is 40.7 Å². The molecule has 2 aromatic heterocycles. The van der Waals surface area contributed by atoms with E-state index in [1.165, 1.54) is 6.07 Å². The molecular formula is C18H17F3N6O. The molecule has 2 aromatic rings. The van der Waals surface area contributed by atoms with Crippen LogP contribution >= 0.6 is 0 Å². The molecule has 28 heavy (non-hydrogen) atoms. The number of aromatic nitrogens is 3. The van der Waals surface area contributed by atoms with Gasteiger partial charge >= 0.3 is 6.18 Å². The molecule has 0 bridgehead atoms. The Bertz CT molecular complexity index is 901. The summed E-state index contributed by atoms with van der Waals surface area (Å²) in [6.07, 6.45) is -3.78. The molecule has 2 aliphatic heterocycles. The lowest BCUT2D eigenvalue weighted by atomic mass is 10.1. The second-order valence-electron chi connectivity index (χ2n) is 6.63. The Balaban J connectivity index is 1.48. The highest BCUT2D eigenvalue weighted by molar-refractivity contribution is 5.57. The van der Waals surface area contributed by atoms with E-state index in [-0.39, 0.29) is 0 Å². The minimum atomic E-state index is -4.50. The third kappa shape index (κ3) is 3.57. The number of nitriles is 1. The molecular weight excluding hydrogens is 373 g/mol. The molecule has 146 valence electrons. The molecule has 0 aromatic carbocycles. The number of nitrogens with zero attached hydrogens (tertiary/aromatic N) is 6. The van der Waals surface area contributed by atoms with E-state index in [9.17, 15) is 18.4 Å². The van der Waals surface area contributed by atoms with Gasteiger partial charge in [-0.05, 0) is 18.2 Å². The van der Waals surface area contributed by atoms with Crippen LogP contribution in [0.5, 0.6) is 0 Å². The van der Waals surface area contributed by atoms with Gasteiger partial charge < -0.3 is 14.5 Å². The molecule has 0 amide bonds. The van der Waals surface area contributed by atoms with Crippen LogP contribution in [0.4, 0.5) is 24.8 Å². The van der Waals surface area contributed by atoms with Gasteiger partial charge in [-0.2, -0.15) is 18.4 Å². The van der Waals surface area contributed by atoms with Crippen LogP contribution in [0.3, 0.4) is 0 Å². The molecule has 0 aliphatic carbocycles. The summed E-state index contributed by atoms with van der Waals surface area (Å²) in [5.41, 5.74) is 1.41. The first-order valence-electron chi connectivity index (χ1n) is 8.87. The topological polar surface area (TPSA) is 78.2 Å². The van der Waals surface area contributed by atoms with Crippen molar-refractivity contribution in [3.8, 4) is 6.07 Å². The fraction of sp³-hybridized carbons (Fsp3) is 0.444. The van der Waals surface area contributed by atoms with Crippen LogP contribution in [0.2, 0.25) is 0 Å². The van der Waals surface area contributed by atoms with Gasteiger partial charge in [-0.1, -0.05) is 0 Å². The second kappa shape index (κ2) is 7.24. The van der Waals surface area contributed by atoms with Crippen LogP contribution in [-0.2, 0) is 23.9 Å². The standard InChI is InChI=1S/C18H17F3N6O/c19-18(20,21)15-1-2-16(25-24-15)26-4-6-27(7-5-26)17-12(10-22)9-13-11-28-8-3-14(13)23-17/h1-2,9H,3-8,11H2. The van der Waals surface area contributed by atoms with Crippen molar-refractivity contribution in [1.29, 1.82) is 5.26 Å². The van der Waals surface area contributed by atoms with Crippen molar-refractivity contribution in [2.75, 3.05) is 42.6 Å². The molecule has 0 spiro atoms. The van der Waals surface area contributed by atoms with Crippen molar-refractivity contribution in [2.45, 2.75) is 19.2 Å². The van der Waals surface area contributed by atoms with E-state index in [1.54, 1.807) is 0 Å². The number of halogens is 3. The summed E-state index contributed by atoms with van der Waals surface area (Å²) in [5.74, 6) is 1.06. The molecule has 0 radical (unpaired) electrons. The average molecular weight is 390 g/mol. The van der Waals surface area contributed by atoms with E-state index in [0.29, 0.717) is 56.6 Å². The monoisotopic (exact) mass is 390 g/mol. The van der Waals surface area contributed by atoms with Gasteiger partial charge in [0.15, 0.2) is 11.5 Å². The third-order valence-corrected chi connectivity index (χ3v) is 4.88. The van der Waals surface area contributed by atoms with Gasteiger partial charge in [-0.25, -0.2) is 4.98 Å². The van der Waals surface area contributed by atoms with E-state index in [4.69, 9.17) is 9.72 Å². The van der Waals surface area contributed by atoms with Gasteiger partial charge in [0.1, 0.15) is 11.9 Å². The predicted molar refractivity (Wildman–Crippen MR) is 93.8 cm³/mol. The SMILES string of the molecule is N#Cc1cc2c(nc1N1CCN(c3ccc(C(F)(F)F)nn3)CC1)CCOC2. The summed E-state index contributed by atoms with van der Waals surface area (Å²) in [5, 5.41) is 16.5. The van der Waals surface area contributed by atoms with Crippen molar-refractivity contribution in [3.63, 3.8) is 0 Å². The van der Waals surface area contributed by atoms with E-state index in [2.05, 4.69) is 16.3 Å². The number of anilines is 2. The molecule has 0 N–H and O–H groups in total. The van der Waals surface area contributed by atoms with Crippen LogP contribution < -0.4 is 9.80 Å². The lowest BCUT2D eigenvalue weighted by Gasteiger charge is -2.36. The fourth-order valence-corrected chi connectivity index (χ4v) is 3.39. The van der Waals surface area contributed by atoms with Crippen LogP contribution in [0.15, 0.2) is 18.2 Å². The summed E-state index contributed by atoms with van der Waals surface area (Å²) in [6.45, 7) is 3.35. The second-order valence-corrected chi connectivity index (χ2v) is 6.63. The Morgan fingerprint density at radius 1 is 1.07 bits per heavy atom. The smallest absolute Gasteiger partial charge is 0.376 e. The van der Waals surface area contributed by atoms with Gasteiger partial charge in [0, 0.05) is 38.2 Å². The number of fused-ring (bicyclic) bond motifs is 1. The number of rotatable bonds is 2. The summed E-state index contributed by atoms with van der Waals surface area (Å²) < 4.78 is 43.3. The minimum absolute atomic E-state index is 0.406. The molecule has 7 nitrogen and oxygen atoms in total. The summed E-state index contributed by atoms with van der Waals surface area (Å²) in [4.78, 5) is 8.60. The highest BCUT2D eigenvalue weighted by Crippen LogP contribution is 2.28. The Hall–Kier alpha value is -2.93. The first-order valence-corrected chi connectivity index (χ1v) is 8.87. The van der Waals surface area contributed by atoms with E-state index in [1.807, 2.05) is 15.9 Å². The summed E-state index contributed by atoms with van der Waals surface area (Å²) in [6, 6.07) is 6.32. The zero-order chi connectivity index (χ0) is 19.7. The van der Waals surface area contributed by atoms with Gasteiger partial charge in [-0.3, -0.25) is 0 Å². The number of hydrogen-bond donors (Lipinski definition) is 0. The Kier molecular flexibility index (Phi) is 4.77. The maximum atomic E-state index is 12.6. The molecule has 0 saturated carbocycles. The number of ether oxygens (including phenoxy) is 1. The molecule has 0 atom stereocenters. The quantitative estimate of drug-likeness (QED) is 0.778. The molecule has 0 unspecified atom stereocenters. The Morgan fingerprint density at radius 2 is 1.82 bits per heavy atom.